The summed E-state index contributed by atoms with van der Waals surface area (Å²) < 4.78 is 10.9. The van der Waals surface area contributed by atoms with Crippen LogP contribution in [0.5, 0.6) is 11.5 Å². The molecule has 26 heavy (non-hydrogen) atoms. The number of benzene rings is 1. The summed E-state index contributed by atoms with van der Waals surface area (Å²) in [6.45, 7) is 6.33. The number of rotatable bonds is 6. The molecule has 2 aromatic rings. The number of amides is 1. The van der Waals surface area contributed by atoms with Crippen LogP contribution in [-0.2, 0) is 11.3 Å². The molecule has 1 atom stereocenters. The fourth-order valence-electron chi connectivity index (χ4n) is 3.15. The molecule has 0 aliphatic carbocycles. The molecule has 8 heteroatoms. The van der Waals surface area contributed by atoms with Crippen molar-refractivity contribution in [3.63, 3.8) is 0 Å². The number of ether oxygens (including phenoxy) is 2. The van der Waals surface area contributed by atoms with Gasteiger partial charge in [-0.15, -0.1) is 10.2 Å². The summed E-state index contributed by atoms with van der Waals surface area (Å²) in [4.78, 5) is 15.7. The Morgan fingerprint density at radius 2 is 2.19 bits per heavy atom. The summed E-state index contributed by atoms with van der Waals surface area (Å²) in [6, 6.07) is 5.47. The number of carbonyl (C=O) groups is 1. The molecule has 0 bridgehead atoms. The smallest absolute Gasteiger partial charge is 0.246 e. The Bertz CT molecular complexity index is 761. The molecule has 2 heterocycles. The predicted octanol–water partition coefficient (Wildman–Crippen LogP) is 2.01. The Balaban J connectivity index is 1.71. The van der Waals surface area contributed by atoms with Gasteiger partial charge in [0.1, 0.15) is 6.54 Å². The molecule has 1 aromatic carbocycles. The van der Waals surface area contributed by atoms with Crippen molar-refractivity contribution in [3.05, 3.63) is 18.2 Å². The number of hydrogen-bond acceptors (Lipinski definition) is 6. The van der Waals surface area contributed by atoms with E-state index in [1.54, 1.807) is 13.2 Å². The van der Waals surface area contributed by atoms with Crippen molar-refractivity contribution in [3.8, 4) is 22.9 Å². The summed E-state index contributed by atoms with van der Waals surface area (Å²) in [7, 11) is 1.60. The maximum atomic E-state index is 12.4. The van der Waals surface area contributed by atoms with Crippen LogP contribution in [0.15, 0.2) is 18.2 Å². The van der Waals surface area contributed by atoms with Crippen LogP contribution in [-0.4, -0.2) is 57.8 Å². The SMILES string of the molecule is CCOc1cc(-c2nnn(CC(=O)N3CCCC(C)C3)n2)ccc1OC. The van der Waals surface area contributed by atoms with E-state index in [1.165, 1.54) is 11.2 Å². The monoisotopic (exact) mass is 359 g/mol. The van der Waals surface area contributed by atoms with Crippen molar-refractivity contribution >= 4 is 5.91 Å². The lowest BCUT2D eigenvalue weighted by atomic mass is 10.0. The Morgan fingerprint density at radius 1 is 1.35 bits per heavy atom. The van der Waals surface area contributed by atoms with Crippen molar-refractivity contribution < 1.29 is 14.3 Å². The van der Waals surface area contributed by atoms with Gasteiger partial charge < -0.3 is 14.4 Å². The zero-order chi connectivity index (χ0) is 18.5. The molecule has 1 aliphatic heterocycles. The molecule has 1 unspecified atom stereocenters. The zero-order valence-corrected chi connectivity index (χ0v) is 15.5. The van der Waals surface area contributed by atoms with Gasteiger partial charge >= 0.3 is 0 Å². The van der Waals surface area contributed by atoms with E-state index in [9.17, 15) is 4.79 Å². The molecule has 1 fully saturated rings. The molecule has 3 rings (SSSR count). The normalized spacial score (nSPS) is 17.2. The molecule has 0 spiro atoms. The maximum absolute atomic E-state index is 12.4. The average Bonchev–Trinajstić information content (AvgIpc) is 3.10. The van der Waals surface area contributed by atoms with Gasteiger partial charge in [0, 0.05) is 18.7 Å². The van der Waals surface area contributed by atoms with E-state index in [0.717, 1.165) is 25.1 Å². The Hall–Kier alpha value is -2.64. The largest absolute Gasteiger partial charge is 0.493 e. The topological polar surface area (TPSA) is 82.4 Å². The lowest BCUT2D eigenvalue weighted by molar-refractivity contribution is -0.134. The van der Waals surface area contributed by atoms with Crippen LogP contribution in [0.3, 0.4) is 0 Å². The average molecular weight is 359 g/mol. The summed E-state index contributed by atoms with van der Waals surface area (Å²) in [5, 5.41) is 12.4. The number of piperidine rings is 1. The van der Waals surface area contributed by atoms with Crippen LogP contribution < -0.4 is 9.47 Å². The first kappa shape index (κ1) is 18.2. The zero-order valence-electron chi connectivity index (χ0n) is 15.5. The molecular weight excluding hydrogens is 334 g/mol. The first-order valence-electron chi connectivity index (χ1n) is 8.97. The van der Waals surface area contributed by atoms with Crippen molar-refractivity contribution in [2.24, 2.45) is 5.92 Å². The summed E-state index contributed by atoms with van der Waals surface area (Å²) in [5.41, 5.74) is 0.763. The van der Waals surface area contributed by atoms with Gasteiger partial charge in [0.25, 0.3) is 0 Å². The number of hydrogen-bond donors (Lipinski definition) is 0. The first-order chi connectivity index (χ1) is 12.6. The van der Waals surface area contributed by atoms with E-state index in [4.69, 9.17) is 9.47 Å². The highest BCUT2D eigenvalue weighted by Gasteiger charge is 2.22. The van der Waals surface area contributed by atoms with E-state index in [-0.39, 0.29) is 12.5 Å². The van der Waals surface area contributed by atoms with Crippen molar-refractivity contribution in [1.29, 1.82) is 0 Å². The van der Waals surface area contributed by atoms with Gasteiger partial charge in [0.15, 0.2) is 11.5 Å². The minimum Gasteiger partial charge on any atom is -0.493 e. The lowest BCUT2D eigenvalue weighted by Gasteiger charge is -2.30. The third kappa shape index (κ3) is 4.12. The molecule has 0 N–H and O–H groups in total. The van der Waals surface area contributed by atoms with Gasteiger partial charge in [0.05, 0.1) is 13.7 Å². The van der Waals surface area contributed by atoms with Gasteiger partial charge in [-0.05, 0) is 49.1 Å². The molecule has 1 amide bonds. The van der Waals surface area contributed by atoms with Crippen LogP contribution in [0.25, 0.3) is 11.4 Å². The standard InChI is InChI=1S/C18H25N5O3/c1-4-26-16-10-14(7-8-15(16)25-3)18-19-21-23(20-18)12-17(24)22-9-5-6-13(2)11-22/h7-8,10,13H,4-6,9,11-12H2,1-3H3. The van der Waals surface area contributed by atoms with Gasteiger partial charge in [-0.25, -0.2) is 0 Å². The van der Waals surface area contributed by atoms with Crippen LogP contribution >= 0.6 is 0 Å². The predicted molar refractivity (Wildman–Crippen MR) is 96.0 cm³/mol. The highest BCUT2D eigenvalue weighted by molar-refractivity contribution is 5.76. The summed E-state index contributed by atoms with van der Waals surface area (Å²) in [5.74, 6) is 2.31. The summed E-state index contributed by atoms with van der Waals surface area (Å²) in [6.07, 6.45) is 2.23. The van der Waals surface area contributed by atoms with Crippen molar-refractivity contribution in [1.82, 2.24) is 25.1 Å². The number of aromatic nitrogens is 4. The van der Waals surface area contributed by atoms with Gasteiger partial charge in [-0.3, -0.25) is 4.79 Å². The van der Waals surface area contributed by atoms with Crippen molar-refractivity contribution in [2.75, 3.05) is 26.8 Å². The number of carbonyl (C=O) groups excluding carboxylic acids is 1. The number of likely N-dealkylation sites (tertiary alicyclic amines) is 1. The Kier molecular flexibility index (Phi) is 5.70. The number of methoxy groups -OCH3 is 1. The number of nitrogens with zero attached hydrogens (tertiary/aromatic N) is 5. The van der Waals surface area contributed by atoms with Crippen LogP contribution in [0, 0.1) is 5.92 Å². The van der Waals surface area contributed by atoms with E-state index < -0.39 is 0 Å². The Morgan fingerprint density at radius 3 is 2.92 bits per heavy atom. The first-order valence-corrected chi connectivity index (χ1v) is 8.97. The molecule has 0 saturated carbocycles. The van der Waals surface area contributed by atoms with Crippen molar-refractivity contribution in [2.45, 2.75) is 33.2 Å². The third-order valence-corrected chi connectivity index (χ3v) is 4.46. The molecular formula is C18H25N5O3. The van der Waals surface area contributed by atoms with E-state index in [1.807, 2.05) is 24.0 Å². The maximum Gasteiger partial charge on any atom is 0.246 e. The van der Waals surface area contributed by atoms with Crippen LogP contribution in [0.4, 0.5) is 0 Å². The second kappa shape index (κ2) is 8.16. The molecule has 1 saturated heterocycles. The van der Waals surface area contributed by atoms with Crippen LogP contribution in [0.1, 0.15) is 26.7 Å². The highest BCUT2D eigenvalue weighted by Crippen LogP contribution is 2.31. The van der Waals surface area contributed by atoms with E-state index in [2.05, 4.69) is 22.3 Å². The van der Waals surface area contributed by atoms with Crippen LogP contribution in [0.2, 0.25) is 0 Å². The number of tetrazole rings is 1. The van der Waals surface area contributed by atoms with Gasteiger partial charge in [-0.2, -0.15) is 4.80 Å². The Labute approximate surface area is 153 Å². The fourth-order valence-corrected chi connectivity index (χ4v) is 3.15. The minimum atomic E-state index is 0.0326. The lowest BCUT2D eigenvalue weighted by Crippen LogP contribution is -2.41. The van der Waals surface area contributed by atoms with E-state index >= 15 is 0 Å². The molecule has 1 aromatic heterocycles. The molecule has 1 aliphatic rings. The van der Waals surface area contributed by atoms with E-state index in [0.29, 0.717) is 29.8 Å². The van der Waals surface area contributed by atoms with Gasteiger partial charge in [0.2, 0.25) is 11.7 Å². The van der Waals surface area contributed by atoms with Gasteiger partial charge in [-0.1, -0.05) is 6.92 Å². The second-order valence-electron chi connectivity index (χ2n) is 6.53. The highest BCUT2D eigenvalue weighted by atomic mass is 16.5. The molecule has 140 valence electrons. The second-order valence-corrected chi connectivity index (χ2v) is 6.53. The quantitative estimate of drug-likeness (QED) is 0.785. The molecule has 0 radical (unpaired) electrons. The fraction of sp³-hybridized carbons (Fsp3) is 0.556. The third-order valence-electron chi connectivity index (χ3n) is 4.46. The summed E-state index contributed by atoms with van der Waals surface area (Å²) >= 11 is 0. The molecule has 8 nitrogen and oxygen atoms in total. The minimum absolute atomic E-state index is 0.0326.